The molecule has 0 fully saturated rings. The van der Waals surface area contributed by atoms with Crippen molar-refractivity contribution in [2.45, 2.75) is 68.7 Å². The number of fused-ring (bicyclic) bond motifs is 1. The van der Waals surface area contributed by atoms with Gasteiger partial charge in [-0.2, -0.15) is 23.2 Å². The second-order valence-corrected chi connectivity index (χ2v) is 14.0. The number of esters is 1. The summed E-state index contributed by atoms with van der Waals surface area (Å²) in [5, 5.41) is 9.41. The third-order valence-corrected chi connectivity index (χ3v) is 10.1. The fourth-order valence-corrected chi connectivity index (χ4v) is 7.25. The molecule has 2 aromatic rings. The molecule has 0 bridgehead atoms. The first-order valence-electron chi connectivity index (χ1n) is 15.8. The van der Waals surface area contributed by atoms with Gasteiger partial charge in [0.1, 0.15) is 12.1 Å². The molecule has 2 aromatic carbocycles. The number of ether oxygens (including phenoxy) is 1. The molecular formula is C34H38F3N5O7S. The van der Waals surface area contributed by atoms with Gasteiger partial charge in [-0.3, -0.25) is 14.4 Å². The van der Waals surface area contributed by atoms with Gasteiger partial charge < -0.3 is 19.4 Å². The molecule has 0 saturated heterocycles. The van der Waals surface area contributed by atoms with Gasteiger partial charge in [0.25, 0.3) is 0 Å². The summed E-state index contributed by atoms with van der Waals surface area (Å²) in [6, 6.07) is 8.03. The van der Waals surface area contributed by atoms with Crippen molar-refractivity contribution in [1.29, 1.82) is 5.26 Å². The molecule has 2 aliphatic rings. The normalized spacial score (nSPS) is 18.3. The van der Waals surface area contributed by atoms with E-state index in [1.165, 1.54) is 43.3 Å². The highest BCUT2D eigenvalue weighted by Gasteiger charge is 2.47. The Labute approximate surface area is 288 Å². The van der Waals surface area contributed by atoms with E-state index in [4.69, 9.17) is 4.74 Å². The number of rotatable bonds is 10. The van der Waals surface area contributed by atoms with Gasteiger partial charge in [0.05, 0.1) is 35.6 Å². The standard InChI is InChI=1S/C34H38F3N5O7S/c1-5-49-32(45)29-15-21(2)11-13-41(29)31(44)27(17-22-7-6-8-23(16-22)20-38)39-50(47,48)25-10-9-24-12-14-42(33(46)34(35,36)37)28(26(24)18-25)19-30(43)40(3)4/h6-11,16,18,27-29,39H,5,12-15,17,19H2,1-4H3/t27-,28+,29-/m1/s1. The molecule has 3 amide bonds. The van der Waals surface area contributed by atoms with E-state index < -0.39 is 69.3 Å². The number of hydrogen-bond acceptors (Lipinski definition) is 8. The first-order valence-corrected chi connectivity index (χ1v) is 17.3. The van der Waals surface area contributed by atoms with Crippen molar-refractivity contribution >= 4 is 33.7 Å². The highest BCUT2D eigenvalue weighted by molar-refractivity contribution is 7.89. The molecule has 268 valence electrons. The number of carbonyl (C=O) groups excluding carboxylic acids is 4. The summed E-state index contributed by atoms with van der Waals surface area (Å²) in [6.07, 6.45) is -4.11. The van der Waals surface area contributed by atoms with Crippen molar-refractivity contribution in [3.63, 3.8) is 0 Å². The maximum Gasteiger partial charge on any atom is 0.471 e. The second kappa shape index (κ2) is 15.4. The predicted octanol–water partition coefficient (Wildman–Crippen LogP) is 3.02. The summed E-state index contributed by atoms with van der Waals surface area (Å²) in [7, 11) is -1.81. The van der Waals surface area contributed by atoms with Crippen LogP contribution in [0.5, 0.6) is 0 Å². The predicted molar refractivity (Wildman–Crippen MR) is 173 cm³/mol. The number of benzene rings is 2. The Kier molecular flexibility index (Phi) is 11.7. The molecule has 0 spiro atoms. The topological polar surface area (TPSA) is 157 Å². The third-order valence-electron chi connectivity index (χ3n) is 8.62. The molecule has 0 unspecified atom stereocenters. The monoisotopic (exact) mass is 717 g/mol. The lowest BCUT2D eigenvalue weighted by Gasteiger charge is -2.38. The van der Waals surface area contributed by atoms with Crippen LogP contribution >= 0.6 is 0 Å². The van der Waals surface area contributed by atoms with E-state index in [1.807, 2.05) is 6.07 Å². The summed E-state index contributed by atoms with van der Waals surface area (Å²) in [5.41, 5.74) is 2.05. The van der Waals surface area contributed by atoms with Crippen LogP contribution < -0.4 is 4.72 Å². The van der Waals surface area contributed by atoms with E-state index in [1.54, 1.807) is 32.1 Å². The van der Waals surface area contributed by atoms with E-state index >= 15 is 0 Å². The maximum atomic E-state index is 14.2. The minimum atomic E-state index is -5.23. The van der Waals surface area contributed by atoms with Gasteiger partial charge in [0, 0.05) is 27.2 Å². The van der Waals surface area contributed by atoms with Gasteiger partial charge in [-0.25, -0.2) is 13.2 Å². The summed E-state index contributed by atoms with van der Waals surface area (Å²) < 4.78 is 76.5. The molecule has 0 aliphatic carbocycles. The molecule has 16 heteroatoms. The summed E-state index contributed by atoms with van der Waals surface area (Å²) in [6.45, 7) is 3.12. The van der Waals surface area contributed by atoms with Crippen molar-refractivity contribution in [3.8, 4) is 6.07 Å². The Balaban J connectivity index is 1.76. The molecule has 50 heavy (non-hydrogen) atoms. The molecule has 3 atom stereocenters. The van der Waals surface area contributed by atoms with Gasteiger partial charge in [0.15, 0.2) is 0 Å². The Hall–Kier alpha value is -4.75. The van der Waals surface area contributed by atoms with E-state index in [0.29, 0.717) is 16.0 Å². The van der Waals surface area contributed by atoms with Crippen LogP contribution in [0.3, 0.4) is 0 Å². The van der Waals surface area contributed by atoms with Gasteiger partial charge in [-0.1, -0.05) is 29.8 Å². The van der Waals surface area contributed by atoms with Crippen LogP contribution in [0.1, 0.15) is 55.0 Å². The number of nitrogens with one attached hydrogen (secondary N) is 1. The Morgan fingerprint density at radius 2 is 1.84 bits per heavy atom. The van der Waals surface area contributed by atoms with Crippen molar-refractivity contribution in [3.05, 3.63) is 76.4 Å². The fourth-order valence-electron chi connectivity index (χ4n) is 6.03. The molecule has 0 radical (unpaired) electrons. The summed E-state index contributed by atoms with van der Waals surface area (Å²) in [4.78, 5) is 54.8. The summed E-state index contributed by atoms with van der Waals surface area (Å²) in [5.74, 6) is -4.14. The van der Waals surface area contributed by atoms with Crippen molar-refractivity contribution in [2.24, 2.45) is 0 Å². The number of alkyl halides is 3. The molecule has 2 aliphatic heterocycles. The van der Waals surface area contributed by atoms with Crippen molar-refractivity contribution in [1.82, 2.24) is 19.4 Å². The quantitative estimate of drug-likeness (QED) is 0.291. The smallest absolute Gasteiger partial charge is 0.464 e. The van der Waals surface area contributed by atoms with E-state index in [-0.39, 0.29) is 50.1 Å². The number of nitriles is 1. The van der Waals surface area contributed by atoms with Crippen LogP contribution in [-0.2, 0) is 46.8 Å². The number of halogens is 3. The number of amides is 3. The van der Waals surface area contributed by atoms with Crippen LogP contribution in [0.25, 0.3) is 0 Å². The van der Waals surface area contributed by atoms with Crippen LogP contribution in [0.15, 0.2) is 59.0 Å². The van der Waals surface area contributed by atoms with Crippen molar-refractivity contribution < 1.29 is 45.5 Å². The lowest BCUT2D eigenvalue weighted by Crippen LogP contribution is -2.56. The highest BCUT2D eigenvalue weighted by atomic mass is 32.2. The van der Waals surface area contributed by atoms with Crippen LogP contribution in [0.4, 0.5) is 13.2 Å². The zero-order valence-electron chi connectivity index (χ0n) is 28.0. The lowest BCUT2D eigenvalue weighted by molar-refractivity contribution is -0.188. The third kappa shape index (κ3) is 8.69. The molecule has 4 rings (SSSR count). The van der Waals surface area contributed by atoms with E-state index in [0.717, 1.165) is 16.5 Å². The minimum absolute atomic E-state index is 0.00585. The highest BCUT2D eigenvalue weighted by Crippen LogP contribution is 2.37. The van der Waals surface area contributed by atoms with Gasteiger partial charge in [-0.15, -0.1) is 0 Å². The molecule has 1 N–H and O–H groups in total. The van der Waals surface area contributed by atoms with Crippen LogP contribution in [-0.4, -0.2) is 98.9 Å². The average molecular weight is 718 g/mol. The van der Waals surface area contributed by atoms with Crippen LogP contribution in [0, 0.1) is 11.3 Å². The number of nitrogens with zero attached hydrogens (tertiary/aromatic N) is 4. The Bertz CT molecular complexity index is 1840. The lowest BCUT2D eigenvalue weighted by atomic mass is 9.90. The van der Waals surface area contributed by atoms with Gasteiger partial charge >= 0.3 is 18.1 Å². The molecule has 12 nitrogen and oxygen atoms in total. The molecular weight excluding hydrogens is 679 g/mol. The van der Waals surface area contributed by atoms with E-state index in [9.17, 15) is 46.0 Å². The zero-order valence-corrected chi connectivity index (χ0v) is 28.8. The minimum Gasteiger partial charge on any atom is -0.464 e. The van der Waals surface area contributed by atoms with Crippen molar-refractivity contribution in [2.75, 3.05) is 33.8 Å². The fraction of sp³-hybridized carbons (Fsp3) is 0.441. The zero-order chi connectivity index (χ0) is 37.0. The second-order valence-electron chi connectivity index (χ2n) is 12.3. The Morgan fingerprint density at radius 1 is 1.12 bits per heavy atom. The first kappa shape index (κ1) is 38.1. The molecule has 0 saturated carbocycles. The largest absolute Gasteiger partial charge is 0.471 e. The SMILES string of the molecule is CCOC(=O)[C@H]1CC(C)=CCN1C(=O)[C@@H](Cc1cccc(C#N)c1)NS(=O)(=O)c1ccc2c(c1)[C@H](CC(=O)N(C)C)N(C(=O)C(F)(F)F)CC2. The Morgan fingerprint density at radius 3 is 2.48 bits per heavy atom. The molecule has 0 aromatic heterocycles. The number of hydrogen-bond donors (Lipinski definition) is 1. The summed E-state index contributed by atoms with van der Waals surface area (Å²) >= 11 is 0. The average Bonchev–Trinajstić information content (AvgIpc) is 3.06. The van der Waals surface area contributed by atoms with Gasteiger partial charge in [-0.05, 0) is 74.1 Å². The number of sulfonamides is 1. The molecule has 2 heterocycles. The maximum absolute atomic E-state index is 14.2. The first-order chi connectivity index (χ1) is 23.5. The van der Waals surface area contributed by atoms with Gasteiger partial charge in [0.2, 0.25) is 21.8 Å². The van der Waals surface area contributed by atoms with Crippen LogP contribution in [0.2, 0.25) is 0 Å². The number of carbonyl (C=O) groups is 4. The van der Waals surface area contributed by atoms with E-state index in [2.05, 4.69) is 4.72 Å².